The highest BCUT2D eigenvalue weighted by atomic mass is 16.5. The van der Waals surface area contributed by atoms with Gasteiger partial charge in [-0.15, -0.1) is 0 Å². The molecule has 0 aromatic heterocycles. The molecule has 6 nitrogen and oxygen atoms in total. The largest absolute Gasteiger partial charge is 0.490 e. The number of hydrogen-bond acceptors (Lipinski definition) is 4. The Labute approximate surface area is 239 Å². The van der Waals surface area contributed by atoms with Crippen molar-refractivity contribution in [2.24, 2.45) is 5.73 Å². The molecule has 0 bridgehead atoms. The summed E-state index contributed by atoms with van der Waals surface area (Å²) in [7, 11) is 0. The van der Waals surface area contributed by atoms with Gasteiger partial charge in [0.2, 0.25) is 5.91 Å². The maximum absolute atomic E-state index is 13.2. The normalized spacial score (nSPS) is 13.2. The van der Waals surface area contributed by atoms with Gasteiger partial charge in [0, 0.05) is 17.7 Å². The van der Waals surface area contributed by atoms with E-state index in [0.29, 0.717) is 30.0 Å². The zero-order valence-electron chi connectivity index (χ0n) is 22.8. The highest BCUT2D eigenvalue weighted by Crippen LogP contribution is 2.35. The lowest BCUT2D eigenvalue weighted by Gasteiger charge is -2.32. The van der Waals surface area contributed by atoms with Crippen LogP contribution in [0.5, 0.6) is 5.75 Å². The van der Waals surface area contributed by atoms with Crippen LogP contribution in [0.3, 0.4) is 0 Å². The van der Waals surface area contributed by atoms with E-state index in [1.54, 1.807) is 12.1 Å². The smallest absolute Gasteiger partial charge is 0.251 e. The third-order valence-electron chi connectivity index (χ3n) is 7.66. The molecule has 204 valence electrons. The predicted molar refractivity (Wildman–Crippen MR) is 163 cm³/mol. The van der Waals surface area contributed by atoms with Crippen LogP contribution in [-0.2, 0) is 6.54 Å². The van der Waals surface area contributed by atoms with Crippen molar-refractivity contribution in [1.29, 1.82) is 0 Å². The van der Waals surface area contributed by atoms with Crippen LogP contribution in [0.2, 0.25) is 0 Å². The lowest BCUT2D eigenvalue weighted by molar-refractivity contribution is 0.0938. The monoisotopic (exact) mass is 541 g/mol. The van der Waals surface area contributed by atoms with Crippen LogP contribution in [0.25, 0.3) is 21.9 Å². The molecule has 0 saturated heterocycles. The summed E-state index contributed by atoms with van der Waals surface area (Å²) in [6.07, 6.45) is 0. The van der Waals surface area contributed by atoms with Crippen molar-refractivity contribution in [3.05, 3.63) is 131 Å². The Morgan fingerprint density at radius 3 is 2.39 bits per heavy atom. The first-order valence-corrected chi connectivity index (χ1v) is 13.8. The van der Waals surface area contributed by atoms with Crippen molar-refractivity contribution in [1.82, 2.24) is 5.32 Å². The average Bonchev–Trinajstić information content (AvgIpc) is 3.01. The summed E-state index contributed by atoms with van der Waals surface area (Å²) in [4.78, 5) is 27.0. The number of hydrogen-bond donors (Lipinski definition) is 2. The number of nitrogens with zero attached hydrogens (tertiary/aromatic N) is 1. The Balaban J connectivity index is 1.19. The van der Waals surface area contributed by atoms with E-state index < -0.39 is 5.91 Å². The number of ether oxygens (including phenoxy) is 1. The van der Waals surface area contributed by atoms with Gasteiger partial charge in [0.1, 0.15) is 12.4 Å². The molecule has 41 heavy (non-hydrogen) atoms. The zero-order valence-corrected chi connectivity index (χ0v) is 22.8. The summed E-state index contributed by atoms with van der Waals surface area (Å²) < 4.78 is 6.01. The minimum atomic E-state index is -0.439. The molecule has 0 saturated carbocycles. The molecule has 0 spiro atoms. The molecule has 6 rings (SSSR count). The van der Waals surface area contributed by atoms with E-state index in [2.05, 4.69) is 52.7 Å². The second-order valence-corrected chi connectivity index (χ2v) is 10.4. The van der Waals surface area contributed by atoms with E-state index in [4.69, 9.17) is 10.5 Å². The minimum Gasteiger partial charge on any atom is -0.490 e. The van der Waals surface area contributed by atoms with E-state index in [-0.39, 0.29) is 11.9 Å². The second kappa shape index (κ2) is 11.2. The summed E-state index contributed by atoms with van der Waals surface area (Å²) in [6, 6.07) is 35.6. The zero-order chi connectivity index (χ0) is 28.3. The van der Waals surface area contributed by atoms with Crippen LogP contribution in [0, 0.1) is 0 Å². The van der Waals surface area contributed by atoms with E-state index in [1.165, 1.54) is 5.39 Å². The lowest BCUT2D eigenvalue weighted by Crippen LogP contribution is -2.33. The van der Waals surface area contributed by atoms with Gasteiger partial charge in [-0.3, -0.25) is 9.59 Å². The van der Waals surface area contributed by atoms with E-state index in [1.807, 2.05) is 61.5 Å². The van der Waals surface area contributed by atoms with Crippen LogP contribution in [0.4, 0.5) is 5.69 Å². The SMILES string of the molecule is CC(NC(=O)c1ccc2c(c1)OCCN2Cc1ccccc1-c1ccc(C(N)=O)cc1)c1ccc2ccccc2c1. The Morgan fingerprint density at radius 2 is 1.59 bits per heavy atom. The van der Waals surface area contributed by atoms with Crippen LogP contribution >= 0.6 is 0 Å². The van der Waals surface area contributed by atoms with Crippen molar-refractivity contribution in [3.63, 3.8) is 0 Å². The Kier molecular flexibility index (Phi) is 7.13. The summed E-state index contributed by atoms with van der Waals surface area (Å²) >= 11 is 0. The van der Waals surface area contributed by atoms with Gasteiger partial charge in [0.25, 0.3) is 5.91 Å². The topological polar surface area (TPSA) is 84.7 Å². The fraction of sp³-hybridized carbons (Fsp3) is 0.143. The molecule has 1 aliphatic heterocycles. The molecule has 2 amide bonds. The van der Waals surface area contributed by atoms with Crippen molar-refractivity contribution in [3.8, 4) is 16.9 Å². The molecule has 5 aromatic rings. The number of rotatable bonds is 7. The number of fused-ring (bicyclic) bond motifs is 2. The number of nitrogens with two attached hydrogens (primary N) is 1. The van der Waals surface area contributed by atoms with Crippen molar-refractivity contribution >= 4 is 28.3 Å². The summed E-state index contributed by atoms with van der Waals surface area (Å²) in [6.45, 7) is 3.93. The second-order valence-electron chi connectivity index (χ2n) is 10.4. The van der Waals surface area contributed by atoms with Crippen LogP contribution in [-0.4, -0.2) is 25.0 Å². The van der Waals surface area contributed by atoms with E-state index in [0.717, 1.165) is 39.9 Å². The number of carbonyl (C=O) groups excluding carboxylic acids is 2. The van der Waals surface area contributed by atoms with Gasteiger partial charge < -0.3 is 20.7 Å². The molecular formula is C35H31N3O3. The minimum absolute atomic E-state index is 0.140. The van der Waals surface area contributed by atoms with Crippen molar-refractivity contribution in [2.75, 3.05) is 18.1 Å². The maximum Gasteiger partial charge on any atom is 0.251 e. The fourth-order valence-electron chi connectivity index (χ4n) is 5.38. The highest BCUT2D eigenvalue weighted by Gasteiger charge is 2.22. The quantitative estimate of drug-likeness (QED) is 0.247. The Hall–Kier alpha value is -5.10. The maximum atomic E-state index is 13.2. The van der Waals surface area contributed by atoms with Gasteiger partial charge in [0.05, 0.1) is 18.3 Å². The van der Waals surface area contributed by atoms with E-state index in [9.17, 15) is 9.59 Å². The third kappa shape index (κ3) is 5.50. The number of benzene rings is 5. The van der Waals surface area contributed by atoms with E-state index >= 15 is 0 Å². The lowest BCUT2D eigenvalue weighted by atomic mass is 9.98. The standard InChI is InChI=1S/C35H31N3O3/c1-23(27-15-10-24-6-2-3-7-28(24)20-27)37-35(40)29-16-17-32-33(21-29)41-19-18-38(32)22-30-8-4-5-9-31(30)25-11-13-26(14-12-25)34(36)39/h2-17,20-21,23H,18-19,22H2,1H3,(H2,36,39)(H,37,40). The summed E-state index contributed by atoms with van der Waals surface area (Å²) in [5.74, 6) is 0.121. The number of carbonyl (C=O) groups is 2. The number of primary amides is 1. The first-order chi connectivity index (χ1) is 20.0. The summed E-state index contributed by atoms with van der Waals surface area (Å²) in [5.41, 5.74) is 11.7. The number of anilines is 1. The first kappa shape index (κ1) is 26.1. The molecule has 1 unspecified atom stereocenters. The van der Waals surface area contributed by atoms with Crippen LogP contribution in [0.1, 0.15) is 44.8 Å². The predicted octanol–water partition coefficient (Wildman–Crippen LogP) is 6.50. The van der Waals surface area contributed by atoms with Crippen LogP contribution in [0.15, 0.2) is 109 Å². The van der Waals surface area contributed by atoms with Gasteiger partial charge in [-0.25, -0.2) is 0 Å². The molecule has 1 aliphatic rings. The van der Waals surface area contributed by atoms with Crippen molar-refractivity contribution in [2.45, 2.75) is 19.5 Å². The molecule has 1 atom stereocenters. The Morgan fingerprint density at radius 1 is 0.854 bits per heavy atom. The molecule has 6 heteroatoms. The summed E-state index contributed by atoms with van der Waals surface area (Å²) in [5, 5.41) is 5.46. The number of nitrogens with one attached hydrogen (secondary N) is 1. The van der Waals surface area contributed by atoms with Gasteiger partial charge in [-0.2, -0.15) is 0 Å². The highest BCUT2D eigenvalue weighted by molar-refractivity contribution is 5.96. The molecule has 0 fully saturated rings. The Bertz CT molecular complexity index is 1750. The first-order valence-electron chi connectivity index (χ1n) is 13.8. The molecule has 3 N–H and O–H groups in total. The molecule has 0 radical (unpaired) electrons. The van der Waals surface area contributed by atoms with Gasteiger partial charge in [0.15, 0.2) is 0 Å². The third-order valence-corrected chi connectivity index (χ3v) is 7.66. The van der Waals surface area contributed by atoms with Crippen molar-refractivity contribution < 1.29 is 14.3 Å². The molecule has 0 aliphatic carbocycles. The molecule has 1 heterocycles. The molecule has 5 aromatic carbocycles. The van der Waals surface area contributed by atoms with Gasteiger partial charge >= 0.3 is 0 Å². The average molecular weight is 542 g/mol. The van der Waals surface area contributed by atoms with Crippen LogP contribution < -0.4 is 20.7 Å². The molecular weight excluding hydrogens is 510 g/mol. The van der Waals surface area contributed by atoms with Gasteiger partial charge in [-0.05, 0) is 76.3 Å². The van der Waals surface area contributed by atoms with Gasteiger partial charge in [-0.1, -0.05) is 72.8 Å². The fourth-order valence-corrected chi connectivity index (χ4v) is 5.38. The number of amides is 2.